The van der Waals surface area contributed by atoms with Crippen LogP contribution in [0.2, 0.25) is 4.34 Å². The maximum Gasteiger partial charge on any atom is 0.277 e. The summed E-state index contributed by atoms with van der Waals surface area (Å²) in [6, 6.07) is 5.75. The van der Waals surface area contributed by atoms with Crippen molar-refractivity contribution in [3.8, 4) is 10.6 Å². The molecule has 0 aliphatic heterocycles. The van der Waals surface area contributed by atoms with Crippen LogP contribution >= 0.6 is 34.3 Å². The second kappa shape index (κ2) is 6.43. The van der Waals surface area contributed by atoms with Gasteiger partial charge in [0.25, 0.3) is 5.91 Å². The van der Waals surface area contributed by atoms with Gasteiger partial charge in [-0.3, -0.25) is 14.8 Å². The van der Waals surface area contributed by atoms with Crippen LogP contribution in [0.25, 0.3) is 10.6 Å². The Morgan fingerprint density at radius 2 is 2.17 bits per heavy atom. The van der Waals surface area contributed by atoms with Crippen molar-refractivity contribution in [1.82, 2.24) is 14.8 Å². The van der Waals surface area contributed by atoms with E-state index in [-0.39, 0.29) is 11.9 Å². The number of halogens is 1. The molecule has 0 bridgehead atoms. The Morgan fingerprint density at radius 1 is 1.39 bits per heavy atom. The van der Waals surface area contributed by atoms with E-state index < -0.39 is 0 Å². The van der Waals surface area contributed by atoms with Crippen molar-refractivity contribution in [1.29, 1.82) is 0 Å². The fourth-order valence-electron chi connectivity index (χ4n) is 2.18. The minimum atomic E-state index is -0.252. The Kier molecular flexibility index (Phi) is 4.52. The van der Waals surface area contributed by atoms with Crippen molar-refractivity contribution < 1.29 is 4.79 Å². The van der Waals surface area contributed by atoms with E-state index in [1.54, 1.807) is 6.07 Å². The fraction of sp³-hybridized carbons (Fsp3) is 0.267. The highest BCUT2D eigenvalue weighted by atomic mass is 35.5. The molecule has 3 aromatic rings. The molecular formula is C15H15ClN4OS2. The van der Waals surface area contributed by atoms with Crippen molar-refractivity contribution in [2.75, 3.05) is 5.32 Å². The van der Waals surface area contributed by atoms with Crippen molar-refractivity contribution in [2.24, 2.45) is 0 Å². The Morgan fingerprint density at radius 3 is 2.78 bits per heavy atom. The number of rotatable bonds is 4. The van der Waals surface area contributed by atoms with Gasteiger partial charge in [-0.25, -0.2) is 4.98 Å². The largest absolute Gasteiger partial charge is 0.296 e. The van der Waals surface area contributed by atoms with Crippen LogP contribution in [0.1, 0.15) is 36.1 Å². The van der Waals surface area contributed by atoms with Gasteiger partial charge in [0.05, 0.1) is 14.9 Å². The van der Waals surface area contributed by atoms with Crippen molar-refractivity contribution >= 4 is 45.3 Å². The molecule has 1 N–H and O–H groups in total. The van der Waals surface area contributed by atoms with Gasteiger partial charge in [-0.05, 0) is 39.0 Å². The molecule has 0 unspecified atom stereocenters. The van der Waals surface area contributed by atoms with Crippen molar-refractivity contribution in [3.05, 3.63) is 39.3 Å². The number of aromatic nitrogens is 3. The zero-order valence-electron chi connectivity index (χ0n) is 12.8. The summed E-state index contributed by atoms with van der Waals surface area (Å²) in [5, 5.41) is 9.58. The lowest BCUT2D eigenvalue weighted by Gasteiger charge is -2.06. The van der Waals surface area contributed by atoms with Gasteiger partial charge in [0, 0.05) is 17.1 Å². The number of carbonyl (C=O) groups is 1. The van der Waals surface area contributed by atoms with E-state index in [1.165, 1.54) is 22.7 Å². The average molecular weight is 367 g/mol. The van der Waals surface area contributed by atoms with E-state index in [9.17, 15) is 4.79 Å². The first-order valence-electron chi connectivity index (χ1n) is 7.03. The molecule has 0 radical (unpaired) electrons. The number of hydrogen-bond donors (Lipinski definition) is 1. The minimum Gasteiger partial charge on any atom is -0.296 e. The maximum atomic E-state index is 12.3. The lowest BCUT2D eigenvalue weighted by molar-refractivity contribution is 0.102. The normalized spacial score (nSPS) is 11.2. The molecule has 0 fully saturated rings. The topological polar surface area (TPSA) is 59.8 Å². The molecule has 8 heteroatoms. The van der Waals surface area contributed by atoms with Crippen LogP contribution in [0.3, 0.4) is 0 Å². The van der Waals surface area contributed by atoms with E-state index in [0.29, 0.717) is 15.2 Å². The minimum absolute atomic E-state index is 0.214. The number of thiazole rings is 1. The van der Waals surface area contributed by atoms with E-state index >= 15 is 0 Å². The summed E-state index contributed by atoms with van der Waals surface area (Å²) in [6.45, 7) is 5.99. The molecule has 0 atom stereocenters. The summed E-state index contributed by atoms with van der Waals surface area (Å²) >= 11 is 8.78. The van der Waals surface area contributed by atoms with Gasteiger partial charge in [0.15, 0.2) is 10.8 Å². The van der Waals surface area contributed by atoms with Gasteiger partial charge >= 0.3 is 0 Å². The van der Waals surface area contributed by atoms with Crippen LogP contribution in [-0.4, -0.2) is 20.7 Å². The predicted octanol–water partition coefficient (Wildman–Crippen LogP) is 4.86. The summed E-state index contributed by atoms with van der Waals surface area (Å²) in [5.41, 5.74) is 2.16. The highest BCUT2D eigenvalue weighted by Gasteiger charge is 2.16. The van der Waals surface area contributed by atoms with Crippen LogP contribution in [-0.2, 0) is 0 Å². The number of nitrogens with zero attached hydrogens (tertiary/aromatic N) is 3. The number of amides is 1. The van der Waals surface area contributed by atoms with Crippen LogP contribution in [0.4, 0.5) is 5.13 Å². The van der Waals surface area contributed by atoms with Gasteiger partial charge < -0.3 is 0 Å². The SMILES string of the molecule is Cc1cc(C(=O)Nc2nc(-c3ccc(Cl)s3)cs2)nn1C(C)C. The van der Waals surface area contributed by atoms with Gasteiger partial charge in [0.2, 0.25) is 0 Å². The molecular weight excluding hydrogens is 352 g/mol. The second-order valence-electron chi connectivity index (χ2n) is 5.31. The summed E-state index contributed by atoms with van der Waals surface area (Å²) in [5.74, 6) is -0.252. The smallest absolute Gasteiger partial charge is 0.277 e. The fourth-order valence-corrected chi connectivity index (χ4v) is 3.96. The second-order valence-corrected chi connectivity index (χ2v) is 7.88. The van der Waals surface area contributed by atoms with E-state index in [0.717, 1.165) is 16.3 Å². The standard InChI is InChI=1S/C15H15ClN4OS2/c1-8(2)20-9(3)6-10(19-20)14(21)18-15-17-11(7-22-15)12-4-5-13(16)23-12/h4-8H,1-3H3,(H,17,18,21). The molecule has 5 nitrogen and oxygen atoms in total. The molecule has 3 aromatic heterocycles. The maximum absolute atomic E-state index is 12.3. The average Bonchev–Trinajstić information content (AvgIpc) is 3.18. The zero-order chi connectivity index (χ0) is 16.6. The molecule has 0 aliphatic carbocycles. The zero-order valence-corrected chi connectivity index (χ0v) is 15.2. The third-order valence-corrected chi connectivity index (χ3v) is 5.21. The Balaban J connectivity index is 1.76. The van der Waals surface area contributed by atoms with Crippen LogP contribution in [0.5, 0.6) is 0 Å². The Hall–Kier alpha value is -1.70. The summed E-state index contributed by atoms with van der Waals surface area (Å²) in [6.07, 6.45) is 0. The number of carbonyl (C=O) groups excluding carboxylic acids is 1. The summed E-state index contributed by atoms with van der Waals surface area (Å²) in [4.78, 5) is 17.7. The van der Waals surface area contributed by atoms with Crippen LogP contribution < -0.4 is 5.32 Å². The van der Waals surface area contributed by atoms with E-state index in [4.69, 9.17) is 11.6 Å². The number of aryl methyl sites for hydroxylation is 1. The molecule has 23 heavy (non-hydrogen) atoms. The van der Waals surface area contributed by atoms with E-state index in [2.05, 4.69) is 15.4 Å². The first kappa shape index (κ1) is 16.2. The monoisotopic (exact) mass is 366 g/mol. The third kappa shape index (κ3) is 3.46. The van der Waals surface area contributed by atoms with Crippen LogP contribution in [0, 0.1) is 6.92 Å². The molecule has 1 amide bonds. The highest BCUT2D eigenvalue weighted by Crippen LogP contribution is 2.32. The van der Waals surface area contributed by atoms with Gasteiger partial charge in [-0.15, -0.1) is 22.7 Å². The molecule has 0 aromatic carbocycles. The third-order valence-electron chi connectivity index (χ3n) is 3.19. The summed E-state index contributed by atoms with van der Waals surface area (Å²) < 4.78 is 2.55. The number of hydrogen-bond acceptors (Lipinski definition) is 5. The quantitative estimate of drug-likeness (QED) is 0.717. The van der Waals surface area contributed by atoms with Gasteiger partial charge in [-0.2, -0.15) is 5.10 Å². The first-order chi connectivity index (χ1) is 10.9. The summed E-state index contributed by atoms with van der Waals surface area (Å²) in [7, 11) is 0. The Labute approximate surface area is 146 Å². The van der Waals surface area contributed by atoms with Crippen molar-refractivity contribution in [3.63, 3.8) is 0 Å². The molecule has 120 valence electrons. The molecule has 0 saturated heterocycles. The molecule has 0 aliphatic rings. The number of nitrogens with one attached hydrogen (secondary N) is 1. The number of thiophene rings is 1. The molecule has 0 spiro atoms. The molecule has 3 heterocycles. The molecule has 3 rings (SSSR count). The van der Waals surface area contributed by atoms with Gasteiger partial charge in [0.1, 0.15) is 0 Å². The molecule has 0 saturated carbocycles. The van der Waals surface area contributed by atoms with Crippen LogP contribution in [0.15, 0.2) is 23.6 Å². The highest BCUT2D eigenvalue weighted by molar-refractivity contribution is 7.20. The van der Waals surface area contributed by atoms with Crippen molar-refractivity contribution in [2.45, 2.75) is 26.8 Å². The lowest BCUT2D eigenvalue weighted by atomic mass is 10.3. The Bertz CT molecular complexity index is 849. The predicted molar refractivity (Wildman–Crippen MR) is 95.7 cm³/mol. The lowest BCUT2D eigenvalue weighted by Crippen LogP contribution is -2.13. The first-order valence-corrected chi connectivity index (χ1v) is 9.10. The number of anilines is 1. The van der Waals surface area contributed by atoms with Gasteiger partial charge in [-0.1, -0.05) is 11.6 Å². The van der Waals surface area contributed by atoms with E-state index in [1.807, 2.05) is 43.0 Å².